The maximum Gasteiger partial charge on any atom is 0.255 e. The number of hydrogen-bond acceptors (Lipinski definition) is 10. The summed E-state index contributed by atoms with van der Waals surface area (Å²) >= 11 is 0. The average molecular weight is 565 g/mol. The quantitative estimate of drug-likeness (QED) is 0.245. The number of rotatable bonds is 8. The van der Waals surface area contributed by atoms with E-state index < -0.39 is 83.2 Å². The molecule has 40 heavy (non-hydrogen) atoms. The number of hydrogen-bond donors (Lipinski definition) is 6. The van der Waals surface area contributed by atoms with Gasteiger partial charge in [0, 0.05) is 43.4 Å². The number of anilines is 1. The molecule has 0 heterocycles. The summed E-state index contributed by atoms with van der Waals surface area (Å²) in [5.41, 5.74) is 2.47. The van der Waals surface area contributed by atoms with Crippen molar-refractivity contribution in [2.24, 2.45) is 17.6 Å². The Hall–Kier alpha value is -3.55. The molecular weight excluding hydrogens is 530 g/mol. The van der Waals surface area contributed by atoms with E-state index in [9.17, 15) is 43.6 Å². The highest BCUT2D eigenvalue weighted by atomic mass is 19.1. The van der Waals surface area contributed by atoms with Gasteiger partial charge in [-0.05, 0) is 44.5 Å². The first-order valence-corrected chi connectivity index (χ1v) is 12.8. The number of Topliss-reactive ketones (excluding diaryl/α,β-unsaturated/α-hetero) is 2. The molecule has 0 aromatic heterocycles. The van der Waals surface area contributed by atoms with Crippen molar-refractivity contribution in [3.8, 4) is 5.75 Å². The third kappa shape index (κ3) is 4.23. The van der Waals surface area contributed by atoms with Crippen LogP contribution in [0.25, 0.3) is 0 Å². The zero-order valence-corrected chi connectivity index (χ0v) is 22.7. The Morgan fingerprint density at radius 1 is 1.18 bits per heavy atom. The van der Waals surface area contributed by atoms with Crippen LogP contribution in [0.2, 0.25) is 0 Å². The molecular formula is C27H34F2N4O7. The number of carbonyl (C=O) groups excluding carboxylic acids is 3. The Labute approximate surface area is 229 Å². The van der Waals surface area contributed by atoms with Gasteiger partial charge in [-0.15, -0.1) is 0 Å². The SMILES string of the molecule is CN(C)c1cc(CNC(CF)CF)c(O)c2c1C[C@H]1C[C@H]3[C@H](N(C)C)C(O)=C(C(N)=O)C(=O)[C@@]3(O)C(O)=C1C2=O. The van der Waals surface area contributed by atoms with E-state index in [1.54, 1.807) is 39.2 Å². The minimum Gasteiger partial charge on any atom is -0.510 e. The number of nitrogens with two attached hydrogens (primary N) is 1. The number of likely N-dealkylation sites (N-methyl/N-ethyl adjacent to an activating group) is 1. The van der Waals surface area contributed by atoms with Gasteiger partial charge in [0.2, 0.25) is 5.78 Å². The second-order valence-electron chi connectivity index (χ2n) is 11.0. The van der Waals surface area contributed by atoms with Crippen LogP contribution in [0.5, 0.6) is 5.75 Å². The van der Waals surface area contributed by atoms with Crippen LogP contribution in [-0.4, -0.2) is 102 Å². The molecule has 0 radical (unpaired) electrons. The van der Waals surface area contributed by atoms with Gasteiger partial charge >= 0.3 is 0 Å². The van der Waals surface area contributed by atoms with E-state index in [0.29, 0.717) is 11.3 Å². The summed E-state index contributed by atoms with van der Waals surface area (Å²) < 4.78 is 26.1. The Bertz CT molecular complexity index is 1340. The lowest BCUT2D eigenvalue weighted by Gasteiger charge is -2.50. The number of nitrogens with one attached hydrogen (secondary N) is 1. The summed E-state index contributed by atoms with van der Waals surface area (Å²) in [6, 6.07) is -0.587. The van der Waals surface area contributed by atoms with E-state index in [4.69, 9.17) is 5.73 Å². The Balaban J connectivity index is 1.91. The zero-order chi connectivity index (χ0) is 29.8. The van der Waals surface area contributed by atoms with Crippen LogP contribution in [0.3, 0.4) is 0 Å². The predicted molar refractivity (Wildman–Crippen MR) is 141 cm³/mol. The zero-order valence-electron chi connectivity index (χ0n) is 22.7. The van der Waals surface area contributed by atoms with E-state index in [1.807, 2.05) is 0 Å². The molecule has 0 saturated carbocycles. The molecule has 0 unspecified atom stereocenters. The summed E-state index contributed by atoms with van der Waals surface area (Å²) in [5, 5.41) is 47.8. The van der Waals surface area contributed by atoms with Crippen molar-refractivity contribution in [2.75, 3.05) is 46.4 Å². The molecule has 4 rings (SSSR count). The topological polar surface area (TPSA) is 177 Å². The number of fused-ring (bicyclic) bond motifs is 3. The molecule has 218 valence electrons. The van der Waals surface area contributed by atoms with Gasteiger partial charge in [0.25, 0.3) is 5.91 Å². The minimum absolute atomic E-state index is 0.0304. The van der Waals surface area contributed by atoms with Gasteiger partial charge in [0.15, 0.2) is 11.4 Å². The largest absolute Gasteiger partial charge is 0.510 e. The summed E-state index contributed by atoms with van der Waals surface area (Å²) in [5.74, 6) is -7.35. The van der Waals surface area contributed by atoms with Crippen molar-refractivity contribution in [2.45, 2.75) is 37.1 Å². The van der Waals surface area contributed by atoms with Gasteiger partial charge in [-0.25, -0.2) is 8.78 Å². The number of aromatic hydroxyl groups is 1. The van der Waals surface area contributed by atoms with E-state index in [0.717, 1.165) is 0 Å². The van der Waals surface area contributed by atoms with Crippen molar-refractivity contribution in [1.29, 1.82) is 0 Å². The minimum atomic E-state index is -2.74. The van der Waals surface area contributed by atoms with E-state index in [2.05, 4.69) is 5.32 Å². The number of aliphatic hydroxyl groups excluding tert-OH is 2. The molecule has 7 N–H and O–H groups in total. The summed E-state index contributed by atoms with van der Waals surface area (Å²) in [4.78, 5) is 42.7. The standard InChI is InChI=1S/C27H34F2N4O7/c1-32(2)16-7-12(10-31-13(8-28)9-29)21(34)18-14(16)5-11-6-15-20(33(3)4)23(36)19(26(30)39)25(38)27(15,40)24(37)17(11)22(18)35/h7,11,13,15,20,31,34,36-37,40H,5-6,8-10H2,1-4H3,(H2,30,39)/t11-,15-,20-,27-/m0/s1. The number of nitrogens with zero attached hydrogens (tertiary/aromatic N) is 2. The molecule has 3 aliphatic carbocycles. The fourth-order valence-corrected chi connectivity index (χ4v) is 6.29. The van der Waals surface area contributed by atoms with Crippen LogP contribution in [0.1, 0.15) is 27.9 Å². The molecule has 0 fully saturated rings. The second-order valence-corrected chi connectivity index (χ2v) is 11.0. The summed E-state index contributed by atoms with van der Waals surface area (Å²) in [6.45, 7) is -2.13. The molecule has 1 amide bonds. The van der Waals surface area contributed by atoms with Crippen LogP contribution < -0.4 is 16.0 Å². The molecule has 0 aliphatic heterocycles. The van der Waals surface area contributed by atoms with Crippen molar-refractivity contribution in [3.05, 3.63) is 45.4 Å². The van der Waals surface area contributed by atoms with Gasteiger partial charge in [0.05, 0.1) is 17.6 Å². The second kappa shape index (κ2) is 10.5. The van der Waals surface area contributed by atoms with Crippen LogP contribution in [0, 0.1) is 11.8 Å². The number of ketones is 2. The van der Waals surface area contributed by atoms with Crippen molar-refractivity contribution >= 4 is 23.2 Å². The Morgan fingerprint density at radius 2 is 1.80 bits per heavy atom. The smallest absolute Gasteiger partial charge is 0.255 e. The summed E-state index contributed by atoms with van der Waals surface area (Å²) in [7, 11) is 6.56. The van der Waals surface area contributed by atoms with Crippen LogP contribution >= 0.6 is 0 Å². The first-order valence-electron chi connectivity index (χ1n) is 12.8. The van der Waals surface area contributed by atoms with Crippen LogP contribution in [-0.2, 0) is 22.6 Å². The van der Waals surface area contributed by atoms with Gasteiger partial charge < -0.3 is 36.4 Å². The molecule has 11 nitrogen and oxygen atoms in total. The number of primary amides is 1. The molecule has 1 aromatic carbocycles. The Kier molecular flexibility index (Phi) is 7.69. The maximum absolute atomic E-state index is 14.0. The third-order valence-electron chi connectivity index (χ3n) is 8.21. The highest BCUT2D eigenvalue weighted by Crippen LogP contribution is 2.53. The van der Waals surface area contributed by atoms with Crippen molar-refractivity contribution in [3.63, 3.8) is 0 Å². The molecule has 3 aliphatic rings. The van der Waals surface area contributed by atoms with Gasteiger partial charge in [-0.2, -0.15) is 0 Å². The fourth-order valence-electron chi connectivity index (χ4n) is 6.29. The number of halogens is 2. The molecule has 13 heteroatoms. The van der Waals surface area contributed by atoms with Crippen LogP contribution in [0.4, 0.5) is 14.5 Å². The van der Waals surface area contributed by atoms with Crippen LogP contribution in [0.15, 0.2) is 28.7 Å². The highest BCUT2D eigenvalue weighted by Gasteiger charge is 2.63. The summed E-state index contributed by atoms with van der Waals surface area (Å²) in [6.07, 6.45) is 0.0955. The number of amides is 1. The number of alkyl halides is 2. The maximum atomic E-state index is 14.0. The monoisotopic (exact) mass is 564 g/mol. The van der Waals surface area contributed by atoms with Gasteiger partial charge in [0.1, 0.15) is 36.2 Å². The average Bonchev–Trinajstić information content (AvgIpc) is 2.87. The van der Waals surface area contributed by atoms with Crippen molar-refractivity contribution in [1.82, 2.24) is 10.2 Å². The van der Waals surface area contributed by atoms with E-state index in [-0.39, 0.29) is 36.1 Å². The molecule has 0 bridgehead atoms. The fraction of sp³-hybridized carbons (Fsp3) is 0.519. The van der Waals surface area contributed by atoms with Crippen molar-refractivity contribution < 1.29 is 43.6 Å². The highest BCUT2D eigenvalue weighted by molar-refractivity contribution is 6.24. The normalized spacial score (nSPS) is 26.3. The molecule has 1 aromatic rings. The number of allylic oxidation sites excluding steroid dienone is 1. The van der Waals surface area contributed by atoms with Gasteiger partial charge in [-0.1, -0.05) is 0 Å². The Morgan fingerprint density at radius 3 is 2.33 bits per heavy atom. The number of aliphatic hydroxyl groups is 3. The predicted octanol–water partition coefficient (Wildman–Crippen LogP) is 0.584. The number of benzene rings is 1. The van der Waals surface area contributed by atoms with Gasteiger partial charge in [-0.3, -0.25) is 19.3 Å². The number of phenols is 1. The first kappa shape index (κ1) is 29.4. The first-order chi connectivity index (χ1) is 18.7. The van der Waals surface area contributed by atoms with E-state index >= 15 is 0 Å². The number of carbonyl (C=O) groups is 3. The van der Waals surface area contributed by atoms with E-state index in [1.165, 1.54) is 4.90 Å². The third-order valence-corrected chi connectivity index (χ3v) is 8.21. The number of phenolic OH excluding ortho intramolecular Hbond substituents is 1. The molecule has 4 atom stereocenters. The lowest BCUT2D eigenvalue weighted by molar-refractivity contribution is -0.148. The lowest BCUT2D eigenvalue weighted by atomic mass is 9.58. The molecule has 0 saturated heterocycles. The molecule has 0 spiro atoms. The lowest BCUT2D eigenvalue weighted by Crippen LogP contribution is -2.63.